The minimum Gasteiger partial charge on any atom is -0.494 e. The van der Waals surface area contributed by atoms with E-state index in [0.29, 0.717) is 138 Å². The zero-order valence-electron chi connectivity index (χ0n) is 51.9. The first-order chi connectivity index (χ1) is 44.3. The third kappa shape index (κ3) is 21.5. The van der Waals surface area contributed by atoms with Crippen molar-refractivity contribution in [3.8, 4) is 63.0 Å². The first kappa shape index (κ1) is 71.8. The number of pyridine rings is 3. The fourth-order valence-electron chi connectivity index (χ4n) is 8.77. The standard InChI is InChI=1S/C27H27ClFNO5.C21H24BrNO5.C12H14O4.C8H11BrN2O2/c1-33-25-12-8-21(30-27(25)18-5-7-20(29)19(28)13-18)23(32)10-9-22(31)17-6-11-24(26(14-17)34-2)35-15-16-3-4-16;1-26-19-10-6-15(23-21(19)22)17(25)8-7-16(24)14-5-9-18(20(11-14)27-2)28-12-13-3-4-13;1-15-11-6-9(12(13)14)4-5-10(11)16-7-8-2-3-8;1-13-7-3-2-5(6(12)4-10)11-8(7)9/h5-8,11-14,16,23,32H,3-4,9-10,15H2,1-2H3;5-6,9-11,13,17,25H,3-4,7-8,12H2,1-2H3;4-6,8H,2-3,7H2,1H3,(H,13,14);2-3,6,12H,4,10H2,1H3. The number of carbonyl (C=O) groups excluding carboxylic acids is 2. The number of carboxylic acids is 1. The van der Waals surface area contributed by atoms with E-state index in [1.165, 1.54) is 83.1 Å². The topological polar surface area (TPSA) is 280 Å². The number of aliphatic hydroxyl groups excluding tert-OH is 3. The Morgan fingerprint density at radius 3 is 1.22 bits per heavy atom. The lowest BCUT2D eigenvalue weighted by Gasteiger charge is -2.15. The van der Waals surface area contributed by atoms with Gasteiger partial charge in [-0.1, -0.05) is 11.6 Å². The molecule has 92 heavy (non-hydrogen) atoms. The Kier molecular flexibility index (Phi) is 27.6. The molecule has 6 N–H and O–H groups in total. The van der Waals surface area contributed by atoms with Crippen molar-refractivity contribution < 1.29 is 81.8 Å². The quantitative estimate of drug-likeness (QED) is 0.0215. The number of methoxy groups -OCH3 is 6. The highest BCUT2D eigenvalue weighted by Gasteiger charge is 2.26. The van der Waals surface area contributed by atoms with Crippen molar-refractivity contribution in [1.29, 1.82) is 0 Å². The third-order valence-corrected chi connectivity index (χ3v) is 16.3. The smallest absolute Gasteiger partial charge is 0.335 e. The van der Waals surface area contributed by atoms with Crippen LogP contribution >= 0.6 is 43.5 Å². The first-order valence-corrected chi connectivity index (χ1v) is 31.6. The van der Waals surface area contributed by atoms with Gasteiger partial charge in [-0.3, -0.25) is 9.59 Å². The number of nitrogens with zero attached hydrogens (tertiary/aromatic N) is 3. The fraction of sp³-hybridized carbons (Fsp3) is 0.382. The molecule has 0 amide bonds. The maximum Gasteiger partial charge on any atom is 0.335 e. The summed E-state index contributed by atoms with van der Waals surface area (Å²) in [4.78, 5) is 49.0. The van der Waals surface area contributed by atoms with Crippen LogP contribution in [0.2, 0.25) is 5.02 Å². The van der Waals surface area contributed by atoms with Gasteiger partial charge in [0.2, 0.25) is 0 Å². The number of nitrogens with two attached hydrogens (primary N) is 1. The molecule has 3 aromatic heterocycles. The molecule has 3 heterocycles. The molecule has 20 nitrogen and oxygen atoms in total. The van der Waals surface area contributed by atoms with Crippen molar-refractivity contribution in [3.63, 3.8) is 0 Å². The van der Waals surface area contributed by atoms with Crippen LogP contribution in [0.25, 0.3) is 11.3 Å². The van der Waals surface area contributed by atoms with Crippen LogP contribution in [-0.2, 0) is 0 Å². The van der Waals surface area contributed by atoms with Crippen molar-refractivity contribution >= 4 is 61.0 Å². The van der Waals surface area contributed by atoms with Gasteiger partial charge in [-0.15, -0.1) is 0 Å². The molecule has 3 saturated carbocycles. The Bertz CT molecular complexity index is 3610. The van der Waals surface area contributed by atoms with E-state index >= 15 is 0 Å². The number of halogens is 4. The zero-order chi connectivity index (χ0) is 66.4. The minimum absolute atomic E-state index is 0.0395. The van der Waals surface area contributed by atoms with Crippen LogP contribution < -0.4 is 48.4 Å². The maximum absolute atomic E-state index is 13.6. The van der Waals surface area contributed by atoms with E-state index in [4.69, 9.17) is 65.1 Å². The second kappa shape index (κ2) is 35.4. The largest absolute Gasteiger partial charge is 0.494 e. The number of ether oxygens (including phenoxy) is 9. The summed E-state index contributed by atoms with van der Waals surface area (Å²) in [6.07, 6.45) is 5.42. The van der Waals surface area contributed by atoms with Gasteiger partial charge >= 0.3 is 5.97 Å². The number of aliphatic hydroxyl groups is 3. The van der Waals surface area contributed by atoms with Gasteiger partial charge in [-0.2, -0.15) is 0 Å². The molecule has 0 radical (unpaired) electrons. The Labute approximate surface area is 555 Å². The molecule has 0 bridgehead atoms. The minimum atomic E-state index is -0.984. The molecule has 7 aromatic rings. The number of rotatable bonds is 29. The van der Waals surface area contributed by atoms with E-state index in [9.17, 15) is 34.1 Å². The van der Waals surface area contributed by atoms with Crippen LogP contribution in [0.3, 0.4) is 0 Å². The molecule has 24 heteroatoms. The molecule has 0 aliphatic heterocycles. The molecular formula is C68H76Br2ClFN4O16. The summed E-state index contributed by atoms with van der Waals surface area (Å²) in [7, 11) is 9.21. The number of benzene rings is 4. The van der Waals surface area contributed by atoms with E-state index in [1.54, 1.807) is 107 Å². The van der Waals surface area contributed by atoms with Crippen LogP contribution in [0, 0.1) is 23.6 Å². The first-order valence-electron chi connectivity index (χ1n) is 29.7. The number of aromatic nitrogens is 3. The zero-order valence-corrected chi connectivity index (χ0v) is 55.8. The Morgan fingerprint density at radius 1 is 0.500 bits per heavy atom. The van der Waals surface area contributed by atoms with E-state index < -0.39 is 30.1 Å². The van der Waals surface area contributed by atoms with Gasteiger partial charge in [0.1, 0.15) is 32.6 Å². The average molecular weight is 1420 g/mol. The highest BCUT2D eigenvalue weighted by atomic mass is 79.9. The third-order valence-electron chi connectivity index (χ3n) is 14.8. The normalized spacial score (nSPS) is 14.0. The molecule has 3 atom stereocenters. The fourth-order valence-corrected chi connectivity index (χ4v) is 9.94. The summed E-state index contributed by atoms with van der Waals surface area (Å²) in [5.74, 6) is 5.28. The summed E-state index contributed by atoms with van der Waals surface area (Å²) in [6, 6.07) is 29.3. The Balaban J connectivity index is 0.000000187. The lowest BCUT2D eigenvalue weighted by molar-refractivity contribution is 0.0695. The van der Waals surface area contributed by atoms with Gasteiger partial charge in [-0.05, 0) is 210 Å². The highest BCUT2D eigenvalue weighted by Crippen LogP contribution is 2.38. The number of aromatic carboxylic acids is 1. The summed E-state index contributed by atoms with van der Waals surface area (Å²) in [5, 5.41) is 39.2. The summed E-state index contributed by atoms with van der Waals surface area (Å²) < 4.78 is 63.2. The van der Waals surface area contributed by atoms with Gasteiger partial charge in [0.05, 0.1) is 102 Å². The predicted molar refractivity (Wildman–Crippen MR) is 350 cm³/mol. The molecule has 4 aromatic carbocycles. The summed E-state index contributed by atoms with van der Waals surface area (Å²) >= 11 is 12.4. The van der Waals surface area contributed by atoms with Crippen LogP contribution in [-0.4, -0.2) is 122 Å². The number of hydrogen-bond donors (Lipinski definition) is 5. The summed E-state index contributed by atoms with van der Waals surface area (Å²) in [5.41, 5.74) is 8.88. The lowest BCUT2D eigenvalue weighted by Crippen LogP contribution is -2.13. The van der Waals surface area contributed by atoms with Gasteiger partial charge < -0.3 is 68.8 Å². The molecule has 0 spiro atoms. The predicted octanol–water partition coefficient (Wildman–Crippen LogP) is 13.4. The second-order valence-corrected chi connectivity index (χ2v) is 23.7. The number of hydrogen-bond acceptors (Lipinski definition) is 19. The van der Waals surface area contributed by atoms with Crippen LogP contribution in [0.4, 0.5) is 4.39 Å². The molecular weight excluding hydrogens is 1340 g/mol. The van der Waals surface area contributed by atoms with Crippen molar-refractivity contribution in [2.24, 2.45) is 23.5 Å². The average Bonchev–Trinajstić information content (AvgIpc) is 1.50. The monoisotopic (exact) mass is 1420 g/mol. The van der Waals surface area contributed by atoms with Crippen molar-refractivity contribution in [2.75, 3.05) is 69.0 Å². The number of carbonyl (C=O) groups is 3. The van der Waals surface area contributed by atoms with E-state index in [2.05, 4.69) is 46.8 Å². The Morgan fingerprint density at radius 2 is 0.859 bits per heavy atom. The van der Waals surface area contributed by atoms with Crippen molar-refractivity contribution in [3.05, 3.63) is 163 Å². The van der Waals surface area contributed by atoms with Crippen LogP contribution in [0.1, 0.15) is 131 Å². The SMILES string of the molecule is COc1cc(C(=O)CCC(O)c2ccc(OC)c(-c3ccc(F)c(Cl)c3)n2)ccc1OCC1CC1.COc1cc(C(=O)CCC(O)c2ccc(OC)c(Br)n2)ccc1OCC1CC1.COc1cc(C(=O)O)ccc1OCC1CC1.COc1ccc(C(O)CN)nc1Br. The maximum atomic E-state index is 13.6. The van der Waals surface area contributed by atoms with E-state index in [0.717, 1.165) is 0 Å². The molecule has 3 unspecified atom stereocenters. The Hall–Kier alpha value is -7.64. The van der Waals surface area contributed by atoms with Gasteiger partial charge in [-0.25, -0.2) is 24.1 Å². The summed E-state index contributed by atoms with van der Waals surface area (Å²) in [6.45, 7) is 2.17. The van der Waals surface area contributed by atoms with Gasteiger partial charge in [0.25, 0.3) is 0 Å². The van der Waals surface area contributed by atoms with Crippen molar-refractivity contribution in [2.45, 2.75) is 82.5 Å². The molecule has 3 aliphatic carbocycles. The second-order valence-electron chi connectivity index (χ2n) is 21.7. The molecule has 492 valence electrons. The molecule has 3 aliphatic rings. The van der Waals surface area contributed by atoms with E-state index in [1.807, 2.05) is 0 Å². The van der Waals surface area contributed by atoms with Gasteiger partial charge in [0, 0.05) is 36.1 Å². The van der Waals surface area contributed by atoms with Crippen molar-refractivity contribution in [1.82, 2.24) is 15.0 Å². The van der Waals surface area contributed by atoms with Crippen LogP contribution in [0.5, 0.6) is 51.7 Å². The lowest BCUT2D eigenvalue weighted by atomic mass is 10.0. The van der Waals surface area contributed by atoms with Gasteiger partial charge in [0.15, 0.2) is 57.6 Å². The van der Waals surface area contributed by atoms with E-state index in [-0.39, 0.29) is 54.4 Å². The number of Topliss-reactive ketones (excluding diaryl/α,β-unsaturated/α-hetero) is 2. The van der Waals surface area contributed by atoms with Crippen LogP contribution in [0.15, 0.2) is 118 Å². The number of ketones is 2. The highest BCUT2D eigenvalue weighted by molar-refractivity contribution is 9.10. The molecule has 3 fully saturated rings. The molecule has 10 rings (SSSR count). The molecule has 0 saturated heterocycles. The number of carboxylic acid groups (broad SMARTS) is 1.